The van der Waals surface area contributed by atoms with E-state index in [0.717, 1.165) is 12.0 Å². The van der Waals surface area contributed by atoms with E-state index in [1.807, 2.05) is 24.3 Å². The first kappa shape index (κ1) is 18.9. The second kappa shape index (κ2) is 7.54. The van der Waals surface area contributed by atoms with Crippen LogP contribution in [0.2, 0.25) is 0 Å². The van der Waals surface area contributed by atoms with Crippen LogP contribution in [0.5, 0.6) is 5.75 Å². The Hall–Kier alpha value is -2.41. The molecule has 0 aliphatic carbocycles. The van der Waals surface area contributed by atoms with Gasteiger partial charge in [0.2, 0.25) is 0 Å². The summed E-state index contributed by atoms with van der Waals surface area (Å²) in [5.41, 5.74) is 1.25. The molecule has 7 heteroatoms. The van der Waals surface area contributed by atoms with Crippen LogP contribution < -0.4 is 4.74 Å². The van der Waals surface area contributed by atoms with Crippen molar-refractivity contribution in [3.8, 4) is 5.75 Å². The van der Waals surface area contributed by atoms with Crippen LogP contribution in [0, 0.1) is 5.82 Å². The Bertz CT molecular complexity index is 991. The van der Waals surface area contributed by atoms with E-state index in [0.29, 0.717) is 12.2 Å². The lowest BCUT2D eigenvalue weighted by molar-refractivity contribution is -0.139. The number of fused-ring (bicyclic) bond motifs is 1. The minimum Gasteiger partial charge on any atom is -0.480 e. The predicted octanol–water partition coefficient (Wildman–Crippen LogP) is 2.91. The molecule has 2 aromatic carbocycles. The van der Waals surface area contributed by atoms with Gasteiger partial charge in [-0.05, 0) is 37.0 Å². The third-order valence-corrected chi connectivity index (χ3v) is 7.61. The largest absolute Gasteiger partial charge is 0.480 e. The Balaban J connectivity index is 1.51. The molecule has 2 aliphatic rings. The van der Waals surface area contributed by atoms with Crippen LogP contribution in [0.15, 0.2) is 48.5 Å². The lowest BCUT2D eigenvalue weighted by Gasteiger charge is -2.30. The number of benzene rings is 2. The number of hydrogen-bond acceptors (Lipinski definition) is 4. The van der Waals surface area contributed by atoms with E-state index in [1.54, 1.807) is 11.0 Å². The molecule has 5 nitrogen and oxygen atoms in total. The average Bonchev–Trinajstić information content (AvgIpc) is 2.85. The lowest BCUT2D eigenvalue weighted by Crippen LogP contribution is -2.44. The molecule has 4 rings (SSSR count). The molecule has 148 valence electrons. The van der Waals surface area contributed by atoms with Crippen molar-refractivity contribution in [3.05, 3.63) is 65.5 Å². The summed E-state index contributed by atoms with van der Waals surface area (Å²) >= 11 is 0. The third kappa shape index (κ3) is 3.63. The monoisotopic (exact) mass is 403 g/mol. The van der Waals surface area contributed by atoms with Gasteiger partial charge in [0.15, 0.2) is 15.9 Å². The minimum absolute atomic E-state index is 0.105. The van der Waals surface area contributed by atoms with Crippen LogP contribution in [0.1, 0.15) is 29.2 Å². The summed E-state index contributed by atoms with van der Waals surface area (Å²) in [4.78, 5) is 14.5. The van der Waals surface area contributed by atoms with Crippen molar-refractivity contribution in [2.45, 2.75) is 30.6 Å². The fourth-order valence-electron chi connectivity index (χ4n) is 3.95. The molecule has 28 heavy (non-hydrogen) atoms. The molecule has 0 radical (unpaired) electrons. The van der Waals surface area contributed by atoms with E-state index in [-0.39, 0.29) is 36.7 Å². The van der Waals surface area contributed by atoms with Crippen molar-refractivity contribution in [1.29, 1.82) is 0 Å². The van der Waals surface area contributed by atoms with Crippen molar-refractivity contribution in [3.63, 3.8) is 0 Å². The van der Waals surface area contributed by atoms with Crippen molar-refractivity contribution in [2.75, 3.05) is 18.8 Å². The van der Waals surface area contributed by atoms with Crippen LogP contribution >= 0.6 is 0 Å². The third-order valence-electron chi connectivity index (χ3n) is 5.50. The first-order valence-corrected chi connectivity index (χ1v) is 11.2. The van der Waals surface area contributed by atoms with Crippen LogP contribution in [-0.2, 0) is 21.1 Å². The first-order valence-electron chi connectivity index (χ1n) is 9.45. The number of hydrogen-bond donors (Lipinski definition) is 0. The quantitative estimate of drug-likeness (QED) is 0.774. The van der Waals surface area contributed by atoms with Crippen molar-refractivity contribution in [2.24, 2.45) is 0 Å². The van der Waals surface area contributed by atoms with Gasteiger partial charge in [0.1, 0.15) is 11.6 Å². The van der Waals surface area contributed by atoms with Gasteiger partial charge in [-0.15, -0.1) is 0 Å². The fraction of sp³-hybridized carbons (Fsp3) is 0.381. The number of halogens is 1. The van der Waals surface area contributed by atoms with Crippen LogP contribution in [0.4, 0.5) is 4.39 Å². The second-order valence-corrected chi connectivity index (χ2v) is 9.55. The average molecular weight is 403 g/mol. The molecule has 0 spiro atoms. The molecule has 0 N–H and O–H groups in total. The van der Waals surface area contributed by atoms with Gasteiger partial charge in [-0.25, -0.2) is 12.8 Å². The highest BCUT2D eigenvalue weighted by molar-refractivity contribution is 7.91. The first-order chi connectivity index (χ1) is 13.5. The minimum atomic E-state index is -3.56. The number of sulfone groups is 1. The molecule has 2 unspecified atom stereocenters. The molecule has 0 saturated carbocycles. The summed E-state index contributed by atoms with van der Waals surface area (Å²) in [6.07, 6.45) is 0.882. The number of nitrogens with zero attached hydrogens (tertiary/aromatic N) is 1. The van der Waals surface area contributed by atoms with E-state index in [9.17, 15) is 17.6 Å². The summed E-state index contributed by atoms with van der Waals surface area (Å²) in [5.74, 6) is -0.193. The molecule has 2 heterocycles. The smallest absolute Gasteiger partial charge is 0.263 e. The highest BCUT2D eigenvalue weighted by Gasteiger charge is 2.37. The molecule has 1 amide bonds. The Morgan fingerprint density at radius 3 is 2.61 bits per heavy atom. The number of carbonyl (C=O) groups excluding carboxylic acids is 1. The Morgan fingerprint density at radius 1 is 1.04 bits per heavy atom. The zero-order valence-electron chi connectivity index (χ0n) is 15.4. The number of amides is 1. The Kier molecular flexibility index (Phi) is 5.10. The summed E-state index contributed by atoms with van der Waals surface area (Å²) < 4.78 is 45.5. The number of carbonyl (C=O) groups is 1. The second-order valence-electron chi connectivity index (χ2n) is 7.24. The summed E-state index contributed by atoms with van der Waals surface area (Å²) in [5, 5.41) is -0.931. The highest BCUT2D eigenvalue weighted by atomic mass is 32.2. The normalized spacial score (nSPS) is 24.0. The zero-order valence-corrected chi connectivity index (χ0v) is 16.2. The number of aryl methyl sites for hydroxylation is 1. The lowest BCUT2D eigenvalue weighted by atomic mass is 10.0. The van der Waals surface area contributed by atoms with Crippen LogP contribution in [-0.4, -0.2) is 44.2 Å². The van der Waals surface area contributed by atoms with Crippen molar-refractivity contribution in [1.82, 2.24) is 4.90 Å². The molecule has 1 saturated heterocycles. The fourth-order valence-corrected chi connectivity index (χ4v) is 5.75. The van der Waals surface area contributed by atoms with Crippen molar-refractivity contribution >= 4 is 15.7 Å². The van der Waals surface area contributed by atoms with E-state index in [2.05, 4.69) is 0 Å². The molecule has 0 aromatic heterocycles. The zero-order chi connectivity index (χ0) is 19.7. The maximum Gasteiger partial charge on any atom is 0.263 e. The van der Waals surface area contributed by atoms with Crippen LogP contribution in [0.25, 0.3) is 0 Å². The molecule has 2 atom stereocenters. The Labute approximate surface area is 164 Å². The molecule has 1 fully saturated rings. The summed E-state index contributed by atoms with van der Waals surface area (Å²) in [6.45, 7) is 0.367. The predicted molar refractivity (Wildman–Crippen MR) is 103 cm³/mol. The van der Waals surface area contributed by atoms with Gasteiger partial charge in [-0.1, -0.05) is 36.4 Å². The number of para-hydroxylation sites is 1. The molecular formula is C21H22FNO4S. The number of ether oxygens (including phenoxy) is 1. The standard InChI is InChI=1S/C21H22FNO4S/c22-17-7-3-2-6-16(17)20-11-12-23(13-14-28(20,25)26)21(24)19-10-9-15-5-1-4-8-18(15)27-19/h1-8,19-20H,9-14H2. The molecule has 2 aromatic rings. The van der Waals surface area contributed by atoms with Crippen molar-refractivity contribution < 1.29 is 22.3 Å². The molecule has 0 bridgehead atoms. The number of rotatable bonds is 2. The SMILES string of the molecule is O=C(C1CCc2ccccc2O1)N1CCC(c2ccccc2F)S(=O)(=O)CC1. The topological polar surface area (TPSA) is 63.7 Å². The van der Waals surface area contributed by atoms with Gasteiger partial charge in [-0.3, -0.25) is 4.79 Å². The van der Waals surface area contributed by atoms with Crippen LogP contribution in [0.3, 0.4) is 0 Å². The van der Waals surface area contributed by atoms with Gasteiger partial charge in [-0.2, -0.15) is 0 Å². The van der Waals surface area contributed by atoms with Gasteiger partial charge in [0.25, 0.3) is 5.91 Å². The van der Waals surface area contributed by atoms with E-state index >= 15 is 0 Å². The van der Waals surface area contributed by atoms with E-state index in [4.69, 9.17) is 4.74 Å². The molecular weight excluding hydrogens is 381 g/mol. The molecule has 2 aliphatic heterocycles. The van der Waals surface area contributed by atoms with Gasteiger partial charge >= 0.3 is 0 Å². The Morgan fingerprint density at radius 2 is 1.79 bits per heavy atom. The van der Waals surface area contributed by atoms with E-state index < -0.39 is 27.0 Å². The van der Waals surface area contributed by atoms with Gasteiger partial charge in [0.05, 0.1) is 11.0 Å². The highest BCUT2D eigenvalue weighted by Crippen LogP contribution is 2.32. The summed E-state index contributed by atoms with van der Waals surface area (Å²) in [6, 6.07) is 13.6. The maximum absolute atomic E-state index is 14.2. The van der Waals surface area contributed by atoms with Gasteiger partial charge < -0.3 is 9.64 Å². The van der Waals surface area contributed by atoms with E-state index in [1.165, 1.54) is 18.2 Å². The van der Waals surface area contributed by atoms with Gasteiger partial charge in [0, 0.05) is 18.7 Å². The summed E-state index contributed by atoms with van der Waals surface area (Å²) in [7, 11) is -3.56. The maximum atomic E-state index is 14.2.